The average Bonchev–Trinajstić information content (AvgIpc) is 2.71. The Balaban J connectivity index is 1.94. The number of hydrogen-bond donors (Lipinski definition) is 1. The molecule has 0 radical (unpaired) electrons. The van der Waals surface area contributed by atoms with Crippen LogP contribution in [0, 0.1) is 11.8 Å². The Morgan fingerprint density at radius 2 is 2.06 bits per heavy atom. The zero-order valence-electron chi connectivity index (χ0n) is 9.80. The van der Waals surface area contributed by atoms with E-state index < -0.39 is 18.0 Å². The molecular formula is C11H17NO5. The molecule has 1 N–H and O–H groups in total. The molecule has 2 aliphatic heterocycles. The van der Waals surface area contributed by atoms with Gasteiger partial charge in [0, 0.05) is 13.1 Å². The number of hydrogen-bond acceptors (Lipinski definition) is 4. The lowest BCUT2D eigenvalue weighted by molar-refractivity contribution is -0.157. The third-order valence-corrected chi connectivity index (χ3v) is 3.33. The first kappa shape index (κ1) is 12.3. The van der Waals surface area contributed by atoms with E-state index in [0.717, 1.165) is 0 Å². The van der Waals surface area contributed by atoms with Gasteiger partial charge in [-0.05, 0) is 5.92 Å². The monoisotopic (exact) mass is 243 g/mol. The minimum absolute atomic E-state index is 0.0130. The van der Waals surface area contributed by atoms with Crippen molar-refractivity contribution >= 4 is 11.9 Å². The number of carbonyl (C=O) groups excluding carboxylic acids is 1. The number of nitrogens with zero attached hydrogens (tertiary/aromatic N) is 1. The quantitative estimate of drug-likeness (QED) is 0.713. The SMILES string of the molecule is C[C@@H]1CN(C(=O)C2COCCO2)C[C@H]1C(=O)O. The normalized spacial score (nSPS) is 33.7. The zero-order chi connectivity index (χ0) is 12.4. The van der Waals surface area contributed by atoms with Gasteiger partial charge in [0.2, 0.25) is 0 Å². The number of amides is 1. The molecule has 2 fully saturated rings. The molecule has 2 rings (SSSR count). The lowest BCUT2D eigenvalue weighted by Crippen LogP contribution is -2.44. The van der Waals surface area contributed by atoms with Crippen LogP contribution in [0.4, 0.5) is 0 Å². The molecule has 0 aliphatic carbocycles. The van der Waals surface area contributed by atoms with E-state index in [1.165, 1.54) is 0 Å². The third-order valence-electron chi connectivity index (χ3n) is 3.33. The molecule has 0 aromatic heterocycles. The fourth-order valence-corrected chi connectivity index (χ4v) is 2.30. The number of carboxylic acids is 1. The number of carbonyl (C=O) groups is 2. The molecule has 0 aromatic carbocycles. The highest BCUT2D eigenvalue weighted by Crippen LogP contribution is 2.24. The summed E-state index contributed by atoms with van der Waals surface area (Å²) in [5.41, 5.74) is 0. The minimum atomic E-state index is -0.839. The lowest BCUT2D eigenvalue weighted by Gasteiger charge is -2.26. The van der Waals surface area contributed by atoms with Crippen LogP contribution in [-0.2, 0) is 19.1 Å². The van der Waals surface area contributed by atoms with Crippen LogP contribution in [0.5, 0.6) is 0 Å². The van der Waals surface area contributed by atoms with Crippen LogP contribution in [0.3, 0.4) is 0 Å². The fourth-order valence-electron chi connectivity index (χ4n) is 2.30. The molecule has 0 saturated carbocycles. The largest absolute Gasteiger partial charge is 0.481 e. The standard InChI is InChI=1S/C11H17NO5/c1-7-4-12(5-8(7)11(14)15)10(13)9-6-16-2-3-17-9/h7-9H,2-6H2,1H3,(H,14,15)/t7-,8-,9?/m1/s1. The van der Waals surface area contributed by atoms with Gasteiger partial charge < -0.3 is 19.5 Å². The van der Waals surface area contributed by atoms with Gasteiger partial charge in [0.15, 0.2) is 6.10 Å². The van der Waals surface area contributed by atoms with Crippen molar-refractivity contribution in [2.45, 2.75) is 13.0 Å². The summed E-state index contributed by atoms with van der Waals surface area (Å²) >= 11 is 0. The van der Waals surface area contributed by atoms with Crippen molar-refractivity contribution in [1.29, 1.82) is 0 Å². The summed E-state index contributed by atoms with van der Waals surface area (Å²) in [5, 5.41) is 9.00. The van der Waals surface area contributed by atoms with E-state index in [1.54, 1.807) is 4.90 Å². The van der Waals surface area contributed by atoms with Gasteiger partial charge in [0.1, 0.15) is 0 Å². The molecule has 6 nitrogen and oxygen atoms in total. The third kappa shape index (κ3) is 2.58. The van der Waals surface area contributed by atoms with Gasteiger partial charge >= 0.3 is 5.97 Å². The molecule has 1 amide bonds. The Kier molecular flexibility index (Phi) is 3.63. The molecule has 2 aliphatic rings. The first-order valence-corrected chi connectivity index (χ1v) is 5.80. The van der Waals surface area contributed by atoms with Crippen molar-refractivity contribution in [3.05, 3.63) is 0 Å². The maximum atomic E-state index is 12.0. The van der Waals surface area contributed by atoms with Gasteiger partial charge in [-0.25, -0.2) is 0 Å². The van der Waals surface area contributed by atoms with Crippen LogP contribution in [0.15, 0.2) is 0 Å². The Bertz CT molecular complexity index is 313. The van der Waals surface area contributed by atoms with Crippen molar-refractivity contribution in [1.82, 2.24) is 4.90 Å². The van der Waals surface area contributed by atoms with Gasteiger partial charge in [-0.3, -0.25) is 9.59 Å². The molecule has 2 saturated heterocycles. The average molecular weight is 243 g/mol. The first-order chi connectivity index (χ1) is 8.09. The van der Waals surface area contributed by atoms with E-state index in [4.69, 9.17) is 14.6 Å². The highest BCUT2D eigenvalue weighted by molar-refractivity contribution is 5.83. The summed E-state index contributed by atoms with van der Waals surface area (Å²) in [5.74, 6) is -1.47. The number of likely N-dealkylation sites (tertiary alicyclic amines) is 1. The summed E-state index contributed by atoms with van der Waals surface area (Å²) in [6.45, 7) is 3.80. The smallest absolute Gasteiger partial charge is 0.308 e. The highest BCUT2D eigenvalue weighted by Gasteiger charge is 2.39. The molecule has 0 bridgehead atoms. The van der Waals surface area contributed by atoms with Crippen LogP contribution in [-0.4, -0.2) is 60.9 Å². The number of carboxylic acid groups (broad SMARTS) is 1. The summed E-state index contributed by atoms with van der Waals surface area (Å²) in [4.78, 5) is 24.6. The Morgan fingerprint density at radius 3 is 2.59 bits per heavy atom. The van der Waals surface area contributed by atoms with E-state index in [9.17, 15) is 9.59 Å². The second kappa shape index (κ2) is 5.01. The van der Waals surface area contributed by atoms with E-state index in [1.807, 2.05) is 6.92 Å². The highest BCUT2D eigenvalue weighted by atomic mass is 16.6. The van der Waals surface area contributed by atoms with Crippen molar-refractivity contribution in [2.75, 3.05) is 32.9 Å². The van der Waals surface area contributed by atoms with Crippen LogP contribution in [0.1, 0.15) is 6.92 Å². The van der Waals surface area contributed by atoms with Crippen molar-refractivity contribution in [3.63, 3.8) is 0 Å². The van der Waals surface area contributed by atoms with Gasteiger partial charge in [0.05, 0.1) is 25.7 Å². The fraction of sp³-hybridized carbons (Fsp3) is 0.818. The maximum Gasteiger partial charge on any atom is 0.308 e. The molecule has 3 atom stereocenters. The first-order valence-electron chi connectivity index (χ1n) is 5.80. The molecule has 17 heavy (non-hydrogen) atoms. The van der Waals surface area contributed by atoms with Crippen molar-refractivity contribution in [2.24, 2.45) is 11.8 Å². The van der Waals surface area contributed by atoms with E-state index in [-0.39, 0.29) is 25.0 Å². The Hall–Kier alpha value is -1.14. The molecule has 6 heteroatoms. The van der Waals surface area contributed by atoms with Gasteiger partial charge in [-0.15, -0.1) is 0 Å². The van der Waals surface area contributed by atoms with Crippen LogP contribution in [0.25, 0.3) is 0 Å². The number of ether oxygens (including phenoxy) is 2. The number of aliphatic carboxylic acids is 1. The van der Waals surface area contributed by atoms with E-state index in [2.05, 4.69) is 0 Å². The second-order valence-corrected chi connectivity index (χ2v) is 4.60. The summed E-state index contributed by atoms with van der Waals surface area (Å²) in [6.07, 6.45) is -0.566. The summed E-state index contributed by atoms with van der Waals surface area (Å²) < 4.78 is 10.5. The molecule has 96 valence electrons. The van der Waals surface area contributed by atoms with Gasteiger partial charge in [0.25, 0.3) is 5.91 Å². The van der Waals surface area contributed by atoms with Crippen LogP contribution < -0.4 is 0 Å². The molecule has 0 aromatic rings. The van der Waals surface area contributed by atoms with Crippen molar-refractivity contribution in [3.8, 4) is 0 Å². The van der Waals surface area contributed by atoms with Gasteiger partial charge in [-0.2, -0.15) is 0 Å². The Labute approximate surface area is 99.5 Å². The zero-order valence-corrected chi connectivity index (χ0v) is 9.80. The maximum absolute atomic E-state index is 12.0. The van der Waals surface area contributed by atoms with Gasteiger partial charge in [-0.1, -0.05) is 6.92 Å². The molecule has 2 heterocycles. The predicted molar refractivity (Wildman–Crippen MR) is 57.4 cm³/mol. The summed E-state index contributed by atoms with van der Waals surface area (Å²) in [6, 6.07) is 0. The van der Waals surface area contributed by atoms with E-state index in [0.29, 0.717) is 19.8 Å². The predicted octanol–water partition coefficient (Wildman–Crippen LogP) is -0.419. The minimum Gasteiger partial charge on any atom is -0.481 e. The number of rotatable bonds is 2. The van der Waals surface area contributed by atoms with Crippen molar-refractivity contribution < 1.29 is 24.2 Å². The van der Waals surface area contributed by atoms with Crippen LogP contribution >= 0.6 is 0 Å². The lowest BCUT2D eigenvalue weighted by atomic mass is 9.99. The molecular weight excluding hydrogens is 226 g/mol. The summed E-state index contributed by atoms with van der Waals surface area (Å²) in [7, 11) is 0. The van der Waals surface area contributed by atoms with E-state index >= 15 is 0 Å². The van der Waals surface area contributed by atoms with Crippen LogP contribution in [0.2, 0.25) is 0 Å². The Morgan fingerprint density at radius 1 is 1.29 bits per heavy atom. The molecule has 0 spiro atoms. The molecule has 1 unspecified atom stereocenters. The topological polar surface area (TPSA) is 76.1 Å². The second-order valence-electron chi connectivity index (χ2n) is 4.60.